The summed E-state index contributed by atoms with van der Waals surface area (Å²) in [7, 11) is 0. The fourth-order valence-electron chi connectivity index (χ4n) is 0.866. The van der Waals surface area contributed by atoms with Crippen LogP contribution < -0.4 is 0 Å². The number of rotatable bonds is 3. The molecule has 1 aromatic rings. The zero-order valence-corrected chi connectivity index (χ0v) is 6.93. The number of hydrogen-bond acceptors (Lipinski definition) is 4. The van der Waals surface area contributed by atoms with E-state index in [-0.39, 0.29) is 12.5 Å². The summed E-state index contributed by atoms with van der Waals surface area (Å²) in [5, 5.41) is 19.1. The molecule has 0 aromatic carbocycles. The predicted octanol–water partition coefficient (Wildman–Crippen LogP) is -0.119. The van der Waals surface area contributed by atoms with Crippen molar-refractivity contribution in [3.05, 3.63) is 5.82 Å². The lowest BCUT2D eigenvalue weighted by Crippen LogP contribution is -2.14. The van der Waals surface area contributed by atoms with Crippen LogP contribution in [-0.4, -0.2) is 31.3 Å². The number of nitrogens with zero attached hydrogens (tertiary/aromatic N) is 4. The van der Waals surface area contributed by atoms with Gasteiger partial charge in [-0.05, 0) is 10.4 Å². The highest BCUT2D eigenvalue weighted by Gasteiger charge is 2.11. The summed E-state index contributed by atoms with van der Waals surface area (Å²) >= 11 is 0. The Bertz CT molecular complexity index is 281. The third-order valence-electron chi connectivity index (χ3n) is 1.36. The average Bonchev–Trinajstić information content (AvgIpc) is 2.33. The minimum absolute atomic E-state index is 0.138. The molecule has 6 nitrogen and oxygen atoms in total. The van der Waals surface area contributed by atoms with Crippen molar-refractivity contribution in [3.8, 4) is 0 Å². The van der Waals surface area contributed by atoms with Gasteiger partial charge in [-0.3, -0.25) is 4.79 Å². The first-order chi connectivity index (χ1) is 5.61. The second-order valence-electron chi connectivity index (χ2n) is 2.74. The molecule has 1 aromatic heterocycles. The first-order valence-electron chi connectivity index (χ1n) is 3.59. The molecule has 0 aliphatic rings. The molecule has 0 aliphatic heterocycles. The van der Waals surface area contributed by atoms with Crippen LogP contribution in [0.5, 0.6) is 0 Å². The Hall–Kier alpha value is -1.46. The van der Waals surface area contributed by atoms with Gasteiger partial charge in [0.25, 0.3) is 0 Å². The first kappa shape index (κ1) is 8.63. The molecule has 0 fully saturated rings. The third kappa shape index (κ3) is 1.77. The molecule has 0 atom stereocenters. The third-order valence-corrected chi connectivity index (χ3v) is 1.36. The molecule has 0 radical (unpaired) electrons. The number of aliphatic carboxylic acids is 1. The van der Waals surface area contributed by atoms with Crippen molar-refractivity contribution in [2.45, 2.75) is 26.3 Å². The number of carbonyl (C=O) groups is 1. The molecule has 0 amide bonds. The Morgan fingerprint density at radius 3 is 2.83 bits per heavy atom. The van der Waals surface area contributed by atoms with Gasteiger partial charge < -0.3 is 5.11 Å². The lowest BCUT2D eigenvalue weighted by atomic mass is 10.2. The molecule has 6 heteroatoms. The summed E-state index contributed by atoms with van der Waals surface area (Å²) in [6.07, 6.45) is 0. The van der Waals surface area contributed by atoms with Crippen molar-refractivity contribution in [1.29, 1.82) is 0 Å². The zero-order valence-electron chi connectivity index (χ0n) is 6.93. The van der Waals surface area contributed by atoms with Crippen LogP contribution in [0.3, 0.4) is 0 Å². The molecule has 1 heterocycles. The number of aromatic nitrogens is 4. The van der Waals surface area contributed by atoms with Gasteiger partial charge in [-0.15, -0.1) is 5.10 Å². The monoisotopic (exact) mass is 170 g/mol. The van der Waals surface area contributed by atoms with E-state index < -0.39 is 5.97 Å². The molecule has 1 rings (SSSR count). The zero-order chi connectivity index (χ0) is 9.14. The Labute approximate surface area is 69.2 Å². The minimum Gasteiger partial charge on any atom is -0.480 e. The highest BCUT2D eigenvalue weighted by Crippen LogP contribution is 2.08. The lowest BCUT2D eigenvalue weighted by Gasteiger charge is -2.02. The molecular formula is C6H10N4O2. The Kier molecular flexibility index (Phi) is 2.37. The molecule has 1 N–H and O–H groups in total. The lowest BCUT2D eigenvalue weighted by molar-refractivity contribution is -0.138. The van der Waals surface area contributed by atoms with Gasteiger partial charge in [-0.25, -0.2) is 4.68 Å². The smallest absolute Gasteiger partial charge is 0.325 e. The second-order valence-corrected chi connectivity index (χ2v) is 2.74. The highest BCUT2D eigenvalue weighted by atomic mass is 16.4. The van der Waals surface area contributed by atoms with Crippen molar-refractivity contribution in [1.82, 2.24) is 20.2 Å². The van der Waals surface area contributed by atoms with Crippen LogP contribution in [0.15, 0.2) is 0 Å². The maximum atomic E-state index is 10.3. The molecule has 0 saturated heterocycles. The van der Waals surface area contributed by atoms with Crippen molar-refractivity contribution < 1.29 is 9.90 Å². The Balaban J connectivity index is 2.84. The van der Waals surface area contributed by atoms with Crippen molar-refractivity contribution >= 4 is 5.97 Å². The summed E-state index contributed by atoms with van der Waals surface area (Å²) in [6.45, 7) is 3.63. The summed E-state index contributed by atoms with van der Waals surface area (Å²) in [6, 6.07) is 0. The van der Waals surface area contributed by atoms with Gasteiger partial charge in [0, 0.05) is 5.92 Å². The van der Waals surface area contributed by atoms with Gasteiger partial charge in [-0.1, -0.05) is 13.8 Å². The van der Waals surface area contributed by atoms with Gasteiger partial charge in [0.15, 0.2) is 5.82 Å². The van der Waals surface area contributed by atoms with E-state index in [1.54, 1.807) is 0 Å². The van der Waals surface area contributed by atoms with E-state index in [1.807, 2.05) is 13.8 Å². The van der Waals surface area contributed by atoms with Crippen molar-refractivity contribution in [2.24, 2.45) is 0 Å². The first-order valence-corrected chi connectivity index (χ1v) is 3.59. The van der Waals surface area contributed by atoms with Gasteiger partial charge in [0.2, 0.25) is 0 Å². The number of tetrazole rings is 1. The van der Waals surface area contributed by atoms with Crippen LogP contribution in [0, 0.1) is 0 Å². The van der Waals surface area contributed by atoms with Crippen LogP contribution in [-0.2, 0) is 11.3 Å². The quantitative estimate of drug-likeness (QED) is 0.684. The predicted molar refractivity (Wildman–Crippen MR) is 39.5 cm³/mol. The Morgan fingerprint density at radius 2 is 2.33 bits per heavy atom. The molecule has 0 saturated carbocycles. The van der Waals surface area contributed by atoms with E-state index in [2.05, 4.69) is 15.5 Å². The van der Waals surface area contributed by atoms with E-state index >= 15 is 0 Å². The number of carboxylic acid groups (broad SMARTS) is 1. The SMILES string of the molecule is CC(C)c1nnnn1CC(=O)O. The molecule has 0 aliphatic carbocycles. The average molecular weight is 170 g/mol. The number of carboxylic acids is 1. The fourth-order valence-corrected chi connectivity index (χ4v) is 0.866. The van der Waals surface area contributed by atoms with E-state index in [4.69, 9.17) is 5.11 Å². The normalized spacial score (nSPS) is 10.6. The van der Waals surface area contributed by atoms with Gasteiger partial charge in [-0.2, -0.15) is 0 Å². The summed E-state index contributed by atoms with van der Waals surface area (Å²) < 4.78 is 1.28. The standard InChI is InChI=1S/C6H10N4O2/c1-4(2)6-7-8-9-10(6)3-5(11)12/h4H,3H2,1-2H3,(H,11,12). The van der Waals surface area contributed by atoms with Crippen molar-refractivity contribution in [3.63, 3.8) is 0 Å². The molecule has 0 bridgehead atoms. The summed E-state index contributed by atoms with van der Waals surface area (Å²) in [5.41, 5.74) is 0. The fraction of sp³-hybridized carbons (Fsp3) is 0.667. The maximum absolute atomic E-state index is 10.3. The maximum Gasteiger partial charge on any atom is 0.325 e. The van der Waals surface area contributed by atoms with Crippen LogP contribution in [0.1, 0.15) is 25.6 Å². The second kappa shape index (κ2) is 3.29. The summed E-state index contributed by atoms with van der Waals surface area (Å²) in [5.74, 6) is -0.207. The van der Waals surface area contributed by atoms with Gasteiger partial charge in [0.1, 0.15) is 6.54 Å². The molecule has 0 unspecified atom stereocenters. The van der Waals surface area contributed by atoms with Crippen molar-refractivity contribution in [2.75, 3.05) is 0 Å². The largest absolute Gasteiger partial charge is 0.480 e. The molecular weight excluding hydrogens is 160 g/mol. The van der Waals surface area contributed by atoms with Gasteiger partial charge in [0.05, 0.1) is 0 Å². The molecule has 12 heavy (non-hydrogen) atoms. The minimum atomic E-state index is -0.941. The van der Waals surface area contributed by atoms with E-state index in [1.165, 1.54) is 4.68 Å². The van der Waals surface area contributed by atoms with Crippen LogP contribution in [0.25, 0.3) is 0 Å². The molecule has 66 valence electrons. The van der Waals surface area contributed by atoms with E-state index in [0.29, 0.717) is 5.82 Å². The highest BCUT2D eigenvalue weighted by molar-refractivity contribution is 5.66. The van der Waals surface area contributed by atoms with Gasteiger partial charge >= 0.3 is 5.97 Å². The van der Waals surface area contributed by atoms with E-state index in [9.17, 15) is 4.79 Å². The Morgan fingerprint density at radius 1 is 1.67 bits per heavy atom. The number of hydrogen-bond donors (Lipinski definition) is 1. The topological polar surface area (TPSA) is 80.9 Å². The summed E-state index contributed by atoms with van der Waals surface area (Å²) in [4.78, 5) is 10.3. The molecule has 0 spiro atoms. The van der Waals surface area contributed by atoms with E-state index in [0.717, 1.165) is 0 Å². The van der Waals surface area contributed by atoms with Crippen LogP contribution in [0.2, 0.25) is 0 Å². The van der Waals surface area contributed by atoms with Crippen LogP contribution in [0.4, 0.5) is 0 Å². The van der Waals surface area contributed by atoms with Crippen LogP contribution >= 0.6 is 0 Å².